The van der Waals surface area contributed by atoms with Crippen molar-refractivity contribution in [3.05, 3.63) is 41.6 Å². The van der Waals surface area contributed by atoms with Crippen molar-refractivity contribution in [3.8, 4) is 23.2 Å². The number of nitrogens with zero attached hydrogens (tertiary/aromatic N) is 4. The number of furan rings is 1. The second kappa shape index (κ2) is 6.89. The van der Waals surface area contributed by atoms with Crippen LogP contribution in [-0.4, -0.2) is 37.5 Å². The Kier molecular flexibility index (Phi) is 4.49. The number of amides is 1. The molecule has 8 heteroatoms. The van der Waals surface area contributed by atoms with Gasteiger partial charge in [0.2, 0.25) is 5.91 Å². The first-order valence-corrected chi connectivity index (χ1v) is 7.68. The molecule has 1 amide bonds. The van der Waals surface area contributed by atoms with E-state index in [1.54, 1.807) is 17.2 Å². The highest BCUT2D eigenvalue weighted by atomic mass is 32.1. The minimum atomic E-state index is -0.103. The van der Waals surface area contributed by atoms with Gasteiger partial charge in [-0.1, -0.05) is 5.92 Å². The van der Waals surface area contributed by atoms with Crippen molar-refractivity contribution >= 4 is 17.2 Å². The summed E-state index contributed by atoms with van der Waals surface area (Å²) in [5.41, 5.74) is 0.674. The first-order chi connectivity index (χ1) is 11.3. The number of aromatic nitrogens is 4. The van der Waals surface area contributed by atoms with Gasteiger partial charge < -0.3 is 9.32 Å². The average Bonchev–Trinajstić information content (AvgIpc) is 3.29. The Morgan fingerprint density at radius 3 is 3.13 bits per heavy atom. The van der Waals surface area contributed by atoms with Gasteiger partial charge in [-0.15, -0.1) is 17.8 Å². The van der Waals surface area contributed by atoms with Crippen molar-refractivity contribution in [2.75, 3.05) is 6.54 Å². The van der Waals surface area contributed by atoms with E-state index in [2.05, 4.69) is 26.1 Å². The highest BCUT2D eigenvalue weighted by molar-refractivity contribution is 7.13. The second-order valence-electron chi connectivity index (χ2n) is 4.69. The number of aromatic amines is 1. The zero-order chi connectivity index (χ0) is 16.1. The van der Waals surface area contributed by atoms with E-state index in [1.165, 1.54) is 17.7 Å². The first kappa shape index (κ1) is 15.0. The summed E-state index contributed by atoms with van der Waals surface area (Å²) in [7, 11) is 0. The Morgan fingerprint density at radius 2 is 2.43 bits per heavy atom. The Labute approximate surface area is 136 Å². The number of nitrogens with one attached hydrogen (secondary N) is 1. The highest BCUT2D eigenvalue weighted by Crippen LogP contribution is 2.20. The minimum absolute atomic E-state index is 0.103. The molecule has 0 fully saturated rings. The third-order valence-electron chi connectivity index (χ3n) is 3.06. The van der Waals surface area contributed by atoms with E-state index < -0.39 is 0 Å². The van der Waals surface area contributed by atoms with E-state index in [9.17, 15) is 4.79 Å². The summed E-state index contributed by atoms with van der Waals surface area (Å²) in [5.74, 6) is 3.67. The molecule has 0 atom stereocenters. The average molecular weight is 327 g/mol. The van der Waals surface area contributed by atoms with Gasteiger partial charge in [-0.05, 0) is 12.1 Å². The van der Waals surface area contributed by atoms with Gasteiger partial charge in [0.1, 0.15) is 12.1 Å². The lowest BCUT2D eigenvalue weighted by molar-refractivity contribution is -0.130. The van der Waals surface area contributed by atoms with Crippen LogP contribution in [0.15, 0.2) is 34.5 Å². The van der Waals surface area contributed by atoms with Crippen LogP contribution in [0.1, 0.15) is 11.5 Å². The van der Waals surface area contributed by atoms with Crippen LogP contribution in [0.4, 0.5) is 0 Å². The molecule has 3 aromatic heterocycles. The zero-order valence-corrected chi connectivity index (χ0v) is 12.9. The van der Waals surface area contributed by atoms with E-state index in [-0.39, 0.29) is 18.9 Å². The first-order valence-electron chi connectivity index (χ1n) is 6.80. The number of H-pyrrole nitrogens is 1. The molecule has 0 aromatic carbocycles. The summed E-state index contributed by atoms with van der Waals surface area (Å²) in [6.45, 7) is 0.563. The summed E-state index contributed by atoms with van der Waals surface area (Å²) in [4.78, 5) is 22.4. The SMILES string of the molecule is C#CCN(Cc1ccco1)C(=O)Cc1csc(-c2ncn[nH]2)n1. The molecule has 0 radical (unpaired) electrons. The molecule has 0 saturated carbocycles. The molecule has 7 nitrogen and oxygen atoms in total. The molecule has 0 aliphatic carbocycles. The number of terminal acetylenes is 1. The van der Waals surface area contributed by atoms with Crippen LogP contribution in [-0.2, 0) is 17.8 Å². The molecular weight excluding hydrogens is 314 g/mol. The lowest BCUT2D eigenvalue weighted by Crippen LogP contribution is -2.32. The molecular formula is C15H13N5O2S. The smallest absolute Gasteiger partial charge is 0.229 e. The summed E-state index contributed by atoms with van der Waals surface area (Å²) in [6.07, 6.45) is 8.51. The molecule has 116 valence electrons. The molecule has 0 aliphatic rings. The van der Waals surface area contributed by atoms with Gasteiger partial charge >= 0.3 is 0 Å². The lowest BCUT2D eigenvalue weighted by atomic mass is 10.3. The normalized spacial score (nSPS) is 10.4. The fraction of sp³-hybridized carbons (Fsp3) is 0.200. The number of carbonyl (C=O) groups is 1. The molecule has 3 rings (SSSR count). The van der Waals surface area contributed by atoms with Crippen LogP contribution in [0.25, 0.3) is 10.8 Å². The van der Waals surface area contributed by atoms with Gasteiger partial charge in [-0.25, -0.2) is 9.97 Å². The summed E-state index contributed by atoms with van der Waals surface area (Å²) >= 11 is 1.41. The number of rotatable bonds is 6. The number of hydrogen-bond donors (Lipinski definition) is 1. The maximum atomic E-state index is 12.4. The standard InChI is InChI=1S/C15H13N5O2S/c1-2-5-20(8-12-4-3-6-22-12)13(21)7-11-9-23-15(18-11)14-16-10-17-19-14/h1,3-4,6,9-10H,5,7-8H2,(H,16,17,19). The summed E-state index contributed by atoms with van der Waals surface area (Å²) in [6, 6.07) is 3.58. The Bertz CT molecular complexity index is 801. The quantitative estimate of drug-likeness (QED) is 0.697. The second-order valence-corrected chi connectivity index (χ2v) is 5.55. The van der Waals surface area contributed by atoms with Crippen LogP contribution < -0.4 is 0 Å². The van der Waals surface area contributed by atoms with Crippen LogP contribution in [0, 0.1) is 12.3 Å². The molecule has 0 unspecified atom stereocenters. The van der Waals surface area contributed by atoms with Crippen LogP contribution >= 0.6 is 11.3 Å². The summed E-state index contributed by atoms with van der Waals surface area (Å²) in [5, 5.41) is 9.06. The maximum absolute atomic E-state index is 12.4. The molecule has 23 heavy (non-hydrogen) atoms. The molecule has 0 aliphatic heterocycles. The molecule has 0 saturated heterocycles. The minimum Gasteiger partial charge on any atom is -0.467 e. The Morgan fingerprint density at radius 1 is 1.52 bits per heavy atom. The van der Waals surface area contributed by atoms with Gasteiger partial charge in [0.25, 0.3) is 0 Å². The largest absolute Gasteiger partial charge is 0.467 e. The fourth-order valence-corrected chi connectivity index (χ4v) is 2.77. The van der Waals surface area contributed by atoms with Crippen molar-refractivity contribution in [1.29, 1.82) is 0 Å². The third kappa shape index (κ3) is 3.64. The van der Waals surface area contributed by atoms with E-state index in [0.717, 1.165) is 0 Å². The van der Waals surface area contributed by atoms with Crippen molar-refractivity contribution in [2.24, 2.45) is 0 Å². The third-order valence-corrected chi connectivity index (χ3v) is 3.96. The van der Waals surface area contributed by atoms with Crippen molar-refractivity contribution in [1.82, 2.24) is 25.1 Å². The molecule has 0 bridgehead atoms. The maximum Gasteiger partial charge on any atom is 0.229 e. The summed E-state index contributed by atoms with van der Waals surface area (Å²) < 4.78 is 5.27. The van der Waals surface area contributed by atoms with Gasteiger partial charge in [0, 0.05) is 5.38 Å². The van der Waals surface area contributed by atoms with Crippen LogP contribution in [0.5, 0.6) is 0 Å². The lowest BCUT2D eigenvalue weighted by Gasteiger charge is -2.18. The van der Waals surface area contributed by atoms with Crippen LogP contribution in [0.2, 0.25) is 0 Å². The Balaban J connectivity index is 1.68. The number of carbonyl (C=O) groups excluding carboxylic acids is 1. The van der Waals surface area contributed by atoms with Crippen molar-refractivity contribution in [2.45, 2.75) is 13.0 Å². The topological polar surface area (TPSA) is 87.9 Å². The van der Waals surface area contributed by atoms with E-state index in [1.807, 2.05) is 11.4 Å². The Hall–Kier alpha value is -2.92. The van der Waals surface area contributed by atoms with E-state index in [0.29, 0.717) is 28.8 Å². The highest BCUT2D eigenvalue weighted by Gasteiger charge is 2.17. The molecule has 3 aromatic rings. The molecule has 3 heterocycles. The van der Waals surface area contributed by atoms with Gasteiger partial charge in [-0.2, -0.15) is 5.10 Å². The monoisotopic (exact) mass is 327 g/mol. The van der Waals surface area contributed by atoms with E-state index >= 15 is 0 Å². The molecule has 1 N–H and O–H groups in total. The van der Waals surface area contributed by atoms with Gasteiger partial charge in [0.05, 0.1) is 31.5 Å². The molecule has 0 spiro atoms. The van der Waals surface area contributed by atoms with Gasteiger partial charge in [0.15, 0.2) is 10.8 Å². The van der Waals surface area contributed by atoms with Crippen molar-refractivity contribution in [3.63, 3.8) is 0 Å². The fourth-order valence-electron chi connectivity index (χ4n) is 2.01. The van der Waals surface area contributed by atoms with Gasteiger partial charge in [-0.3, -0.25) is 9.89 Å². The predicted octanol–water partition coefficient (Wildman–Crippen LogP) is 1.73. The predicted molar refractivity (Wildman–Crippen MR) is 84.2 cm³/mol. The van der Waals surface area contributed by atoms with Crippen molar-refractivity contribution < 1.29 is 9.21 Å². The number of thiazole rings is 1. The van der Waals surface area contributed by atoms with Crippen LogP contribution in [0.3, 0.4) is 0 Å². The number of hydrogen-bond acceptors (Lipinski definition) is 6. The zero-order valence-electron chi connectivity index (χ0n) is 12.1. The van der Waals surface area contributed by atoms with E-state index in [4.69, 9.17) is 10.8 Å².